The summed E-state index contributed by atoms with van der Waals surface area (Å²) in [5.74, 6) is 0.868. The Bertz CT molecular complexity index is 292. The van der Waals surface area contributed by atoms with Gasteiger partial charge < -0.3 is 14.6 Å². The molecule has 1 aromatic rings. The Kier molecular flexibility index (Phi) is 3.75. The minimum atomic E-state index is 0.785. The van der Waals surface area contributed by atoms with Crippen LogP contribution < -0.4 is 5.32 Å². The fourth-order valence-electron chi connectivity index (χ4n) is 1.99. The summed E-state index contributed by atoms with van der Waals surface area (Å²) in [6, 6.07) is 0. The van der Waals surface area contributed by atoms with Gasteiger partial charge in [0.05, 0.1) is 5.69 Å². The largest absolute Gasteiger partial charge is 0.449 e. The van der Waals surface area contributed by atoms with Crippen molar-refractivity contribution in [1.82, 2.24) is 15.2 Å². The maximum absolute atomic E-state index is 5.40. The van der Waals surface area contributed by atoms with Crippen LogP contribution in [0.15, 0.2) is 10.7 Å². The van der Waals surface area contributed by atoms with Crippen LogP contribution >= 0.6 is 0 Å². The van der Waals surface area contributed by atoms with Crippen molar-refractivity contribution < 1.29 is 4.42 Å². The molecule has 4 heteroatoms. The number of nitrogens with one attached hydrogen (secondary N) is 1. The summed E-state index contributed by atoms with van der Waals surface area (Å²) in [5, 5.41) is 3.06. The van der Waals surface area contributed by atoms with Crippen molar-refractivity contribution in [2.45, 2.75) is 25.8 Å². The number of hydrogen-bond donors (Lipinski definition) is 1. The van der Waals surface area contributed by atoms with E-state index in [1.165, 1.54) is 25.9 Å². The molecule has 2 heterocycles. The molecular weight excluding hydrogens is 190 g/mol. The van der Waals surface area contributed by atoms with Crippen LogP contribution in [0.5, 0.6) is 0 Å². The molecule has 84 valence electrons. The van der Waals surface area contributed by atoms with Crippen LogP contribution in [0.25, 0.3) is 0 Å². The third kappa shape index (κ3) is 3.04. The lowest BCUT2D eigenvalue weighted by molar-refractivity contribution is 0.328. The van der Waals surface area contributed by atoms with Gasteiger partial charge in [0, 0.05) is 19.5 Å². The van der Waals surface area contributed by atoms with Crippen molar-refractivity contribution >= 4 is 0 Å². The molecule has 15 heavy (non-hydrogen) atoms. The molecule has 1 aliphatic heterocycles. The highest BCUT2D eigenvalue weighted by Gasteiger charge is 2.12. The van der Waals surface area contributed by atoms with E-state index in [4.69, 9.17) is 4.42 Å². The van der Waals surface area contributed by atoms with Gasteiger partial charge in [-0.15, -0.1) is 0 Å². The maximum Gasteiger partial charge on any atom is 0.195 e. The van der Waals surface area contributed by atoms with Crippen LogP contribution in [-0.2, 0) is 13.0 Å². The minimum Gasteiger partial charge on any atom is -0.449 e. The normalized spacial score (nSPS) is 17.4. The molecule has 0 saturated carbocycles. The fourth-order valence-corrected chi connectivity index (χ4v) is 1.99. The van der Waals surface area contributed by atoms with Gasteiger partial charge in [-0.3, -0.25) is 0 Å². The topological polar surface area (TPSA) is 41.3 Å². The number of nitrogens with zero attached hydrogens (tertiary/aromatic N) is 2. The average Bonchev–Trinajstić information content (AvgIpc) is 2.85. The molecule has 0 aliphatic carbocycles. The molecule has 0 spiro atoms. The SMILES string of the molecule is CNCc1coc(CCN2CCCC2)n1. The van der Waals surface area contributed by atoms with Gasteiger partial charge >= 0.3 is 0 Å². The number of rotatable bonds is 5. The summed E-state index contributed by atoms with van der Waals surface area (Å²) >= 11 is 0. The molecule has 1 aromatic heterocycles. The van der Waals surface area contributed by atoms with E-state index in [9.17, 15) is 0 Å². The Hall–Kier alpha value is -0.870. The quantitative estimate of drug-likeness (QED) is 0.786. The molecule has 2 rings (SSSR count). The predicted molar refractivity (Wildman–Crippen MR) is 58.6 cm³/mol. The molecule has 0 bridgehead atoms. The van der Waals surface area contributed by atoms with Crippen molar-refractivity contribution in [3.63, 3.8) is 0 Å². The molecule has 0 atom stereocenters. The van der Waals surface area contributed by atoms with E-state index >= 15 is 0 Å². The number of hydrogen-bond acceptors (Lipinski definition) is 4. The van der Waals surface area contributed by atoms with Gasteiger partial charge in [0.2, 0.25) is 0 Å². The smallest absolute Gasteiger partial charge is 0.195 e. The molecule has 0 amide bonds. The van der Waals surface area contributed by atoms with Crippen molar-refractivity contribution in [2.75, 3.05) is 26.7 Å². The second-order valence-corrected chi connectivity index (χ2v) is 4.06. The Morgan fingerprint density at radius 3 is 3.00 bits per heavy atom. The number of oxazole rings is 1. The average molecular weight is 209 g/mol. The van der Waals surface area contributed by atoms with Gasteiger partial charge in [-0.05, 0) is 33.0 Å². The van der Waals surface area contributed by atoms with Gasteiger partial charge in [0.15, 0.2) is 5.89 Å². The molecule has 0 radical (unpaired) electrons. The maximum atomic E-state index is 5.40. The molecular formula is C11H19N3O. The number of likely N-dealkylation sites (tertiary alicyclic amines) is 1. The summed E-state index contributed by atoms with van der Waals surface area (Å²) in [5.41, 5.74) is 0.994. The van der Waals surface area contributed by atoms with E-state index in [2.05, 4.69) is 15.2 Å². The first-order valence-electron chi connectivity index (χ1n) is 5.69. The Labute approximate surface area is 90.7 Å². The zero-order valence-corrected chi connectivity index (χ0v) is 9.33. The van der Waals surface area contributed by atoms with E-state index in [0.717, 1.165) is 31.1 Å². The second-order valence-electron chi connectivity index (χ2n) is 4.06. The van der Waals surface area contributed by atoms with Gasteiger partial charge in [0.1, 0.15) is 6.26 Å². The van der Waals surface area contributed by atoms with Gasteiger partial charge in [0.25, 0.3) is 0 Å². The highest BCUT2D eigenvalue weighted by molar-refractivity contribution is 4.96. The lowest BCUT2D eigenvalue weighted by atomic mass is 10.4. The van der Waals surface area contributed by atoms with Crippen LogP contribution in [-0.4, -0.2) is 36.6 Å². The Morgan fingerprint density at radius 2 is 2.27 bits per heavy atom. The Balaban J connectivity index is 1.77. The predicted octanol–water partition coefficient (Wildman–Crippen LogP) is 1.03. The van der Waals surface area contributed by atoms with Crippen molar-refractivity contribution in [3.05, 3.63) is 17.8 Å². The van der Waals surface area contributed by atoms with Crippen LogP contribution in [0.1, 0.15) is 24.4 Å². The highest BCUT2D eigenvalue weighted by Crippen LogP contribution is 2.09. The summed E-state index contributed by atoms with van der Waals surface area (Å²) in [4.78, 5) is 6.88. The third-order valence-corrected chi connectivity index (χ3v) is 2.80. The summed E-state index contributed by atoms with van der Waals surface area (Å²) < 4.78 is 5.40. The van der Waals surface area contributed by atoms with Crippen molar-refractivity contribution in [3.8, 4) is 0 Å². The Morgan fingerprint density at radius 1 is 1.47 bits per heavy atom. The molecule has 1 saturated heterocycles. The molecule has 1 fully saturated rings. The lowest BCUT2D eigenvalue weighted by Gasteiger charge is -2.12. The zero-order chi connectivity index (χ0) is 10.5. The monoisotopic (exact) mass is 209 g/mol. The van der Waals surface area contributed by atoms with E-state index < -0.39 is 0 Å². The molecule has 0 aromatic carbocycles. The zero-order valence-electron chi connectivity index (χ0n) is 9.33. The van der Waals surface area contributed by atoms with Crippen molar-refractivity contribution in [1.29, 1.82) is 0 Å². The summed E-state index contributed by atoms with van der Waals surface area (Å²) in [6.07, 6.45) is 5.37. The minimum absolute atomic E-state index is 0.785. The van der Waals surface area contributed by atoms with E-state index in [1.54, 1.807) is 6.26 Å². The number of aromatic nitrogens is 1. The highest BCUT2D eigenvalue weighted by atomic mass is 16.3. The van der Waals surface area contributed by atoms with Crippen LogP contribution in [0, 0.1) is 0 Å². The van der Waals surface area contributed by atoms with Crippen LogP contribution in [0.3, 0.4) is 0 Å². The summed E-state index contributed by atoms with van der Waals surface area (Å²) in [6.45, 7) is 4.35. The van der Waals surface area contributed by atoms with Gasteiger partial charge in [-0.2, -0.15) is 0 Å². The lowest BCUT2D eigenvalue weighted by Crippen LogP contribution is -2.22. The van der Waals surface area contributed by atoms with E-state index in [1.807, 2.05) is 7.05 Å². The first-order chi connectivity index (χ1) is 7.38. The van der Waals surface area contributed by atoms with Crippen LogP contribution in [0.2, 0.25) is 0 Å². The molecule has 0 unspecified atom stereocenters. The first-order valence-corrected chi connectivity index (χ1v) is 5.69. The van der Waals surface area contributed by atoms with Crippen LogP contribution in [0.4, 0.5) is 0 Å². The third-order valence-electron chi connectivity index (χ3n) is 2.80. The second kappa shape index (κ2) is 5.28. The molecule has 1 N–H and O–H groups in total. The summed E-state index contributed by atoms with van der Waals surface area (Å²) in [7, 11) is 1.92. The standard InChI is InChI=1S/C11H19N3O/c1-12-8-10-9-15-11(13-10)4-7-14-5-2-3-6-14/h9,12H,2-8H2,1H3. The van der Waals surface area contributed by atoms with E-state index in [0.29, 0.717) is 0 Å². The van der Waals surface area contributed by atoms with Gasteiger partial charge in [-0.25, -0.2) is 4.98 Å². The fraction of sp³-hybridized carbons (Fsp3) is 0.727. The van der Waals surface area contributed by atoms with Crippen molar-refractivity contribution in [2.24, 2.45) is 0 Å². The first kappa shape index (κ1) is 10.6. The molecule has 4 nitrogen and oxygen atoms in total. The van der Waals surface area contributed by atoms with Gasteiger partial charge in [-0.1, -0.05) is 0 Å². The van der Waals surface area contributed by atoms with E-state index in [-0.39, 0.29) is 0 Å². The molecule has 1 aliphatic rings.